The zero-order valence-corrected chi connectivity index (χ0v) is 14.2. The second-order valence-electron chi connectivity index (χ2n) is 5.81. The molecule has 0 aliphatic carbocycles. The molecule has 3 rings (SSSR count). The third kappa shape index (κ3) is 3.61. The highest BCUT2D eigenvalue weighted by atomic mass is 16.6. The summed E-state index contributed by atoms with van der Waals surface area (Å²) in [6.07, 6.45) is -1.24. The molecule has 1 aliphatic heterocycles. The van der Waals surface area contributed by atoms with Crippen molar-refractivity contribution in [1.82, 2.24) is 0 Å². The van der Waals surface area contributed by atoms with Crippen LogP contribution in [-0.4, -0.2) is 35.4 Å². The predicted molar refractivity (Wildman–Crippen MR) is 95.4 cm³/mol. The van der Waals surface area contributed by atoms with Crippen molar-refractivity contribution in [3.63, 3.8) is 0 Å². The topological polar surface area (TPSA) is 119 Å². The van der Waals surface area contributed by atoms with Crippen molar-refractivity contribution in [2.75, 3.05) is 16.8 Å². The summed E-state index contributed by atoms with van der Waals surface area (Å²) in [5.74, 6) is -1.97. The van der Waals surface area contributed by atoms with Gasteiger partial charge in [-0.2, -0.15) is 0 Å². The Balaban J connectivity index is 1.80. The molecule has 2 aromatic rings. The standard InChI is InChI=1S/C18H15N3O6/c1-11(27-18(24)12-6-2-4-8-14(12)21(25)26)17(23)20-10-16(22)19-13-7-3-5-9-15(13)20/h2-9,11H,10H2,1H3,(H,19,22). The maximum absolute atomic E-state index is 12.7. The van der Waals surface area contributed by atoms with Crippen molar-refractivity contribution < 1.29 is 24.0 Å². The van der Waals surface area contributed by atoms with Gasteiger partial charge in [-0.1, -0.05) is 24.3 Å². The molecule has 0 radical (unpaired) electrons. The van der Waals surface area contributed by atoms with Gasteiger partial charge in [0.2, 0.25) is 5.91 Å². The lowest BCUT2D eigenvalue weighted by Crippen LogP contribution is -2.47. The average molecular weight is 369 g/mol. The first kappa shape index (κ1) is 18.1. The monoisotopic (exact) mass is 369 g/mol. The van der Waals surface area contributed by atoms with Gasteiger partial charge in [-0.25, -0.2) is 4.79 Å². The van der Waals surface area contributed by atoms with Crippen LogP contribution in [-0.2, 0) is 14.3 Å². The Hall–Kier alpha value is -3.75. The number of rotatable bonds is 4. The van der Waals surface area contributed by atoms with Gasteiger partial charge in [-0.15, -0.1) is 0 Å². The molecule has 138 valence electrons. The minimum absolute atomic E-state index is 0.219. The minimum atomic E-state index is -1.24. The number of fused-ring (bicyclic) bond motifs is 1. The van der Waals surface area contributed by atoms with E-state index in [2.05, 4.69) is 5.32 Å². The molecule has 0 spiro atoms. The van der Waals surface area contributed by atoms with Crippen LogP contribution < -0.4 is 10.2 Å². The molecule has 1 aliphatic rings. The smallest absolute Gasteiger partial charge is 0.345 e. The lowest BCUT2D eigenvalue weighted by atomic mass is 10.1. The van der Waals surface area contributed by atoms with Crippen molar-refractivity contribution in [2.45, 2.75) is 13.0 Å². The van der Waals surface area contributed by atoms with E-state index in [1.165, 1.54) is 36.1 Å². The molecule has 0 bridgehead atoms. The second kappa shape index (κ2) is 7.24. The maximum Gasteiger partial charge on any atom is 0.345 e. The summed E-state index contributed by atoms with van der Waals surface area (Å²) in [6, 6.07) is 12.0. The number of nitrogens with zero attached hydrogens (tertiary/aromatic N) is 2. The van der Waals surface area contributed by atoms with Gasteiger partial charge in [0, 0.05) is 6.07 Å². The summed E-state index contributed by atoms with van der Waals surface area (Å²) >= 11 is 0. The van der Waals surface area contributed by atoms with E-state index in [4.69, 9.17) is 4.74 Å². The molecular formula is C18H15N3O6. The van der Waals surface area contributed by atoms with Gasteiger partial charge in [0.25, 0.3) is 11.6 Å². The summed E-state index contributed by atoms with van der Waals surface area (Å²) < 4.78 is 5.13. The van der Waals surface area contributed by atoms with Crippen LogP contribution in [0.5, 0.6) is 0 Å². The number of carbonyl (C=O) groups is 3. The van der Waals surface area contributed by atoms with Crippen molar-refractivity contribution >= 4 is 34.8 Å². The fraction of sp³-hybridized carbons (Fsp3) is 0.167. The van der Waals surface area contributed by atoms with Gasteiger partial charge >= 0.3 is 5.97 Å². The number of para-hydroxylation sites is 3. The molecule has 1 N–H and O–H groups in total. The molecule has 0 fully saturated rings. The molecule has 9 nitrogen and oxygen atoms in total. The molecule has 0 saturated carbocycles. The van der Waals surface area contributed by atoms with Crippen LogP contribution in [0.4, 0.5) is 17.1 Å². The van der Waals surface area contributed by atoms with Gasteiger partial charge in [-0.3, -0.25) is 24.6 Å². The fourth-order valence-corrected chi connectivity index (χ4v) is 2.73. The molecule has 9 heteroatoms. The van der Waals surface area contributed by atoms with E-state index in [-0.39, 0.29) is 18.0 Å². The highest BCUT2D eigenvalue weighted by Crippen LogP contribution is 2.29. The normalized spacial score (nSPS) is 14.0. The Kier molecular flexibility index (Phi) is 4.84. The summed E-state index contributed by atoms with van der Waals surface area (Å²) in [7, 11) is 0. The summed E-state index contributed by atoms with van der Waals surface area (Å²) in [4.78, 5) is 48.4. The predicted octanol–water partition coefficient (Wildman–Crippen LogP) is 2.13. The van der Waals surface area contributed by atoms with E-state index < -0.39 is 28.6 Å². The number of anilines is 2. The molecule has 1 atom stereocenters. The number of ether oxygens (including phenoxy) is 1. The Bertz CT molecular complexity index is 942. The first-order valence-electron chi connectivity index (χ1n) is 8.03. The van der Waals surface area contributed by atoms with Crippen molar-refractivity contribution in [3.8, 4) is 0 Å². The second-order valence-corrected chi connectivity index (χ2v) is 5.81. The van der Waals surface area contributed by atoms with Crippen molar-refractivity contribution in [3.05, 3.63) is 64.2 Å². The number of nitrogens with one attached hydrogen (secondary N) is 1. The Morgan fingerprint density at radius 1 is 1.19 bits per heavy atom. The largest absolute Gasteiger partial charge is 0.449 e. The highest BCUT2D eigenvalue weighted by Gasteiger charge is 2.32. The molecular weight excluding hydrogens is 354 g/mol. The van der Waals surface area contributed by atoms with Crippen molar-refractivity contribution in [2.24, 2.45) is 0 Å². The van der Waals surface area contributed by atoms with Gasteiger partial charge in [0.1, 0.15) is 12.1 Å². The lowest BCUT2D eigenvalue weighted by molar-refractivity contribution is -0.385. The number of amides is 2. The SMILES string of the molecule is CC(OC(=O)c1ccccc1[N+](=O)[O-])C(=O)N1CC(=O)Nc2ccccc21. The molecule has 2 amide bonds. The quantitative estimate of drug-likeness (QED) is 0.501. The first-order valence-corrected chi connectivity index (χ1v) is 8.03. The zero-order chi connectivity index (χ0) is 19.6. The Morgan fingerprint density at radius 2 is 1.85 bits per heavy atom. The van der Waals surface area contributed by atoms with Gasteiger partial charge < -0.3 is 10.1 Å². The van der Waals surface area contributed by atoms with E-state index in [0.717, 1.165) is 0 Å². The average Bonchev–Trinajstić information content (AvgIpc) is 2.66. The number of hydrogen-bond acceptors (Lipinski definition) is 6. The lowest BCUT2D eigenvalue weighted by Gasteiger charge is -2.30. The molecule has 2 aromatic carbocycles. The van der Waals surface area contributed by atoms with Crippen LogP contribution in [0.2, 0.25) is 0 Å². The van der Waals surface area contributed by atoms with Crippen LogP contribution in [0.25, 0.3) is 0 Å². The minimum Gasteiger partial charge on any atom is -0.449 e. The summed E-state index contributed by atoms with van der Waals surface area (Å²) in [5, 5.41) is 13.7. The Morgan fingerprint density at radius 3 is 2.59 bits per heavy atom. The number of hydrogen-bond donors (Lipinski definition) is 1. The fourth-order valence-electron chi connectivity index (χ4n) is 2.73. The third-order valence-electron chi connectivity index (χ3n) is 3.99. The number of nitro benzene ring substituents is 1. The van der Waals surface area contributed by atoms with Crippen LogP contribution >= 0.6 is 0 Å². The molecule has 0 aromatic heterocycles. The van der Waals surface area contributed by atoms with E-state index in [1.54, 1.807) is 24.3 Å². The van der Waals surface area contributed by atoms with Crippen LogP contribution in [0.15, 0.2) is 48.5 Å². The molecule has 27 heavy (non-hydrogen) atoms. The maximum atomic E-state index is 12.7. The van der Waals surface area contributed by atoms with Crippen LogP contribution in [0.3, 0.4) is 0 Å². The van der Waals surface area contributed by atoms with E-state index in [9.17, 15) is 24.5 Å². The molecule has 1 heterocycles. The molecule has 0 saturated heterocycles. The summed E-state index contributed by atoms with van der Waals surface area (Å²) in [6.45, 7) is 1.13. The highest BCUT2D eigenvalue weighted by molar-refractivity contribution is 6.11. The first-order chi connectivity index (χ1) is 12.9. The van der Waals surface area contributed by atoms with Crippen LogP contribution in [0, 0.1) is 10.1 Å². The zero-order valence-electron chi connectivity index (χ0n) is 14.2. The number of esters is 1. The number of benzene rings is 2. The van der Waals surface area contributed by atoms with Gasteiger partial charge in [0.15, 0.2) is 6.10 Å². The van der Waals surface area contributed by atoms with Crippen LogP contribution in [0.1, 0.15) is 17.3 Å². The third-order valence-corrected chi connectivity index (χ3v) is 3.99. The van der Waals surface area contributed by atoms with Gasteiger partial charge in [-0.05, 0) is 25.1 Å². The number of nitro groups is 1. The van der Waals surface area contributed by atoms with Crippen molar-refractivity contribution in [1.29, 1.82) is 0 Å². The van der Waals surface area contributed by atoms with Gasteiger partial charge in [0.05, 0.1) is 16.3 Å². The number of carbonyl (C=O) groups excluding carboxylic acids is 3. The Labute approximate surface area is 153 Å². The molecule has 1 unspecified atom stereocenters. The summed E-state index contributed by atoms with van der Waals surface area (Å²) in [5.41, 5.74) is 0.291. The van der Waals surface area contributed by atoms with E-state index in [0.29, 0.717) is 11.4 Å². The van der Waals surface area contributed by atoms with E-state index in [1.807, 2.05) is 0 Å². The van der Waals surface area contributed by atoms with E-state index >= 15 is 0 Å².